The molecule has 1 aliphatic heterocycles. The van der Waals surface area contributed by atoms with Gasteiger partial charge in [0, 0.05) is 18.0 Å². The summed E-state index contributed by atoms with van der Waals surface area (Å²) in [6, 6.07) is 6.83. The second-order valence-electron chi connectivity index (χ2n) is 6.71. The van der Waals surface area contributed by atoms with E-state index in [0.29, 0.717) is 18.1 Å². The number of halogens is 1. The van der Waals surface area contributed by atoms with E-state index in [1.165, 1.54) is 23.9 Å². The summed E-state index contributed by atoms with van der Waals surface area (Å²) < 4.78 is 19.6. The van der Waals surface area contributed by atoms with Crippen LogP contribution in [0.4, 0.5) is 4.39 Å². The predicted octanol–water partition coefficient (Wildman–Crippen LogP) is 3.74. The first-order valence-corrected chi connectivity index (χ1v) is 9.49. The molecule has 4 rings (SSSR count). The first-order chi connectivity index (χ1) is 11.8. The summed E-state index contributed by atoms with van der Waals surface area (Å²) in [7, 11) is 0. The van der Waals surface area contributed by atoms with Crippen LogP contribution in [-0.2, 0) is 17.9 Å². The van der Waals surface area contributed by atoms with E-state index in [-0.39, 0.29) is 11.9 Å². The van der Waals surface area contributed by atoms with Crippen molar-refractivity contribution in [3.05, 3.63) is 45.7 Å². The van der Waals surface area contributed by atoms with Crippen molar-refractivity contribution < 1.29 is 9.13 Å². The average Bonchev–Trinajstić information content (AvgIpc) is 3.35. The second kappa shape index (κ2) is 7.25. The summed E-state index contributed by atoms with van der Waals surface area (Å²) in [6.45, 7) is 3.14. The van der Waals surface area contributed by atoms with Crippen LogP contribution in [0, 0.1) is 5.82 Å². The zero-order valence-electron chi connectivity index (χ0n) is 13.7. The highest BCUT2D eigenvalue weighted by Crippen LogP contribution is 2.41. The van der Waals surface area contributed by atoms with Crippen LogP contribution in [0.2, 0.25) is 0 Å². The van der Waals surface area contributed by atoms with Gasteiger partial charge in [0.25, 0.3) is 0 Å². The third-order valence-corrected chi connectivity index (χ3v) is 5.73. The van der Waals surface area contributed by atoms with E-state index in [1.54, 1.807) is 23.5 Å². The Morgan fingerprint density at radius 3 is 2.92 bits per heavy atom. The summed E-state index contributed by atoms with van der Waals surface area (Å²) >= 11 is 1.76. The molecule has 2 aromatic rings. The van der Waals surface area contributed by atoms with E-state index in [0.717, 1.165) is 37.5 Å². The number of rotatable bonds is 6. The molecule has 1 aromatic heterocycles. The summed E-state index contributed by atoms with van der Waals surface area (Å²) in [5, 5.41) is 11.0. The zero-order chi connectivity index (χ0) is 16.4. The van der Waals surface area contributed by atoms with Crippen molar-refractivity contribution >= 4 is 11.3 Å². The fraction of sp³-hybridized carbons (Fsp3) is 0.556. The van der Waals surface area contributed by atoms with Crippen molar-refractivity contribution in [1.82, 2.24) is 15.1 Å². The quantitative estimate of drug-likeness (QED) is 0.798. The van der Waals surface area contributed by atoms with Crippen LogP contribution >= 0.6 is 11.3 Å². The van der Waals surface area contributed by atoms with Gasteiger partial charge in [-0.15, -0.1) is 10.2 Å². The monoisotopic (exact) mass is 347 g/mol. The Morgan fingerprint density at radius 1 is 1.21 bits per heavy atom. The maximum Gasteiger partial charge on any atom is 0.131 e. The van der Waals surface area contributed by atoms with E-state index in [9.17, 15) is 4.39 Å². The molecule has 2 heterocycles. The Labute approximate surface area is 145 Å². The number of likely N-dealkylation sites (tertiary alicyclic amines) is 1. The highest BCUT2D eigenvalue weighted by molar-refractivity contribution is 7.11. The summed E-state index contributed by atoms with van der Waals surface area (Å²) in [5.41, 5.74) is 0.632. The molecule has 0 bridgehead atoms. The van der Waals surface area contributed by atoms with Crippen molar-refractivity contribution in [1.29, 1.82) is 0 Å². The average molecular weight is 347 g/mol. The van der Waals surface area contributed by atoms with Crippen LogP contribution in [0.25, 0.3) is 0 Å². The maximum atomic E-state index is 13.7. The lowest BCUT2D eigenvalue weighted by Gasteiger charge is -2.32. The van der Waals surface area contributed by atoms with E-state index < -0.39 is 0 Å². The fourth-order valence-electron chi connectivity index (χ4n) is 3.13. The Kier molecular flexibility index (Phi) is 4.87. The van der Waals surface area contributed by atoms with Crippen LogP contribution in [0.1, 0.15) is 47.2 Å². The van der Waals surface area contributed by atoms with Crippen molar-refractivity contribution in [2.45, 2.75) is 50.9 Å². The Hall–Kier alpha value is -1.37. The van der Waals surface area contributed by atoms with Crippen molar-refractivity contribution in [3.63, 3.8) is 0 Å². The highest BCUT2D eigenvalue weighted by atomic mass is 32.1. The molecule has 2 aliphatic rings. The lowest BCUT2D eigenvalue weighted by atomic mass is 10.1. The first-order valence-electron chi connectivity index (χ1n) is 8.67. The summed E-state index contributed by atoms with van der Waals surface area (Å²) in [5.74, 6) is 0.487. The van der Waals surface area contributed by atoms with E-state index in [2.05, 4.69) is 15.1 Å². The smallest absolute Gasteiger partial charge is 0.131 e. The third-order valence-electron chi connectivity index (χ3n) is 4.66. The fourth-order valence-corrected chi connectivity index (χ4v) is 4.19. The SMILES string of the molecule is Fc1ccccc1CO[C@H]1CCCN(Cc2nnc(C3CC3)s2)C1. The van der Waals surface area contributed by atoms with Crippen LogP contribution in [-0.4, -0.2) is 34.3 Å². The molecule has 1 aliphatic carbocycles. The van der Waals surface area contributed by atoms with Gasteiger partial charge in [0.15, 0.2) is 0 Å². The molecule has 2 fully saturated rings. The number of ether oxygens (including phenoxy) is 1. The van der Waals surface area contributed by atoms with Crippen LogP contribution in [0.3, 0.4) is 0 Å². The molecular formula is C18H22FN3OS. The number of aromatic nitrogens is 2. The molecular weight excluding hydrogens is 325 g/mol. The van der Waals surface area contributed by atoms with Gasteiger partial charge in [0.05, 0.1) is 19.3 Å². The number of hydrogen-bond donors (Lipinski definition) is 0. The summed E-state index contributed by atoms with van der Waals surface area (Å²) in [4.78, 5) is 2.38. The number of piperidine rings is 1. The molecule has 0 spiro atoms. The van der Waals surface area contributed by atoms with Crippen LogP contribution in [0.15, 0.2) is 24.3 Å². The Balaban J connectivity index is 1.29. The normalized spacial score (nSPS) is 22.0. The minimum atomic E-state index is -0.188. The summed E-state index contributed by atoms with van der Waals surface area (Å²) in [6.07, 6.45) is 4.84. The molecule has 24 heavy (non-hydrogen) atoms. The van der Waals surface area contributed by atoms with Crippen molar-refractivity contribution in [2.24, 2.45) is 0 Å². The van der Waals surface area contributed by atoms with Crippen LogP contribution in [0.5, 0.6) is 0 Å². The molecule has 6 heteroatoms. The van der Waals surface area contributed by atoms with Crippen LogP contribution < -0.4 is 0 Å². The molecule has 128 valence electrons. The Morgan fingerprint density at radius 2 is 2.08 bits per heavy atom. The van der Waals surface area contributed by atoms with E-state index >= 15 is 0 Å². The molecule has 4 nitrogen and oxygen atoms in total. The third kappa shape index (κ3) is 3.99. The van der Waals surface area contributed by atoms with Gasteiger partial charge >= 0.3 is 0 Å². The molecule has 0 unspecified atom stereocenters. The number of nitrogens with zero attached hydrogens (tertiary/aromatic N) is 3. The lowest BCUT2D eigenvalue weighted by molar-refractivity contribution is -0.0130. The number of hydrogen-bond acceptors (Lipinski definition) is 5. The molecule has 1 saturated heterocycles. The van der Waals surface area contributed by atoms with Gasteiger partial charge in [-0.1, -0.05) is 29.5 Å². The predicted molar refractivity (Wildman–Crippen MR) is 91.4 cm³/mol. The second-order valence-corrected chi connectivity index (χ2v) is 7.80. The molecule has 1 aromatic carbocycles. The van der Waals surface area contributed by atoms with E-state index in [1.807, 2.05) is 6.07 Å². The minimum absolute atomic E-state index is 0.161. The molecule has 0 amide bonds. The molecule has 0 radical (unpaired) electrons. The zero-order valence-corrected chi connectivity index (χ0v) is 14.5. The Bertz CT molecular complexity index is 688. The van der Waals surface area contributed by atoms with Gasteiger partial charge in [-0.05, 0) is 38.3 Å². The van der Waals surface area contributed by atoms with Crippen molar-refractivity contribution in [2.75, 3.05) is 13.1 Å². The standard InChI is InChI=1S/C18H22FN3OS/c19-16-6-2-1-4-14(16)12-23-15-5-3-9-22(10-15)11-17-20-21-18(24-17)13-7-8-13/h1-2,4,6,13,15H,3,5,7-12H2/t15-/m0/s1. The van der Waals surface area contributed by atoms with Gasteiger partial charge < -0.3 is 4.74 Å². The lowest BCUT2D eigenvalue weighted by Crippen LogP contribution is -2.39. The minimum Gasteiger partial charge on any atom is -0.372 e. The van der Waals surface area contributed by atoms with E-state index in [4.69, 9.17) is 4.74 Å². The van der Waals surface area contributed by atoms with Gasteiger partial charge in [-0.3, -0.25) is 4.90 Å². The number of benzene rings is 1. The highest BCUT2D eigenvalue weighted by Gasteiger charge is 2.28. The first kappa shape index (κ1) is 16.1. The topological polar surface area (TPSA) is 38.2 Å². The maximum absolute atomic E-state index is 13.7. The molecule has 0 N–H and O–H groups in total. The largest absolute Gasteiger partial charge is 0.372 e. The van der Waals surface area contributed by atoms with Gasteiger partial charge in [-0.2, -0.15) is 0 Å². The molecule has 1 atom stereocenters. The van der Waals surface area contributed by atoms with Crippen molar-refractivity contribution in [3.8, 4) is 0 Å². The van der Waals surface area contributed by atoms with Gasteiger partial charge in [-0.25, -0.2) is 4.39 Å². The molecule has 1 saturated carbocycles. The van der Waals surface area contributed by atoms with Gasteiger partial charge in [0.2, 0.25) is 0 Å². The van der Waals surface area contributed by atoms with Gasteiger partial charge in [0.1, 0.15) is 15.8 Å².